The zero-order valence-electron chi connectivity index (χ0n) is 9.43. The number of hydrogen-bond donors (Lipinski definition) is 1. The highest BCUT2D eigenvalue weighted by molar-refractivity contribution is 9.10. The smallest absolute Gasteiger partial charge is 0.211 e. The lowest BCUT2D eigenvalue weighted by molar-refractivity contribution is 0.111. The molecule has 2 N–H and O–H groups in total. The number of sulfonamides is 1. The van der Waals surface area contributed by atoms with E-state index in [1.807, 2.05) is 6.07 Å². The number of rotatable bonds is 7. The van der Waals surface area contributed by atoms with Gasteiger partial charge in [-0.1, -0.05) is 27.5 Å². The summed E-state index contributed by atoms with van der Waals surface area (Å²) in [6.07, 6.45) is 0. The molecule has 0 atom stereocenters. The molecule has 0 aliphatic heterocycles. The fraction of sp³-hybridized carbons (Fsp3) is 0.400. The van der Waals surface area contributed by atoms with E-state index < -0.39 is 10.0 Å². The Morgan fingerprint density at radius 3 is 2.61 bits per heavy atom. The summed E-state index contributed by atoms with van der Waals surface area (Å²) in [5.74, 6) is 0.349. The summed E-state index contributed by atoms with van der Waals surface area (Å²) in [4.78, 5) is 0. The first-order chi connectivity index (χ1) is 8.38. The maximum atomic E-state index is 10.6. The normalized spacial score (nSPS) is 11.5. The molecule has 0 spiro atoms. The third-order valence-electron chi connectivity index (χ3n) is 1.89. The van der Waals surface area contributed by atoms with Crippen molar-refractivity contribution in [2.24, 2.45) is 5.14 Å². The molecule has 18 heavy (non-hydrogen) atoms. The quantitative estimate of drug-likeness (QED) is 0.754. The van der Waals surface area contributed by atoms with Gasteiger partial charge >= 0.3 is 0 Å². The van der Waals surface area contributed by atoms with Gasteiger partial charge in [0, 0.05) is 4.47 Å². The van der Waals surface area contributed by atoms with Gasteiger partial charge in [0.05, 0.1) is 24.0 Å². The molecule has 0 aromatic heterocycles. The van der Waals surface area contributed by atoms with Crippen LogP contribution in [0.5, 0.6) is 5.75 Å². The summed E-state index contributed by atoms with van der Waals surface area (Å²) in [6, 6.07) is 5.26. The standard InChI is InChI=1S/C10H13BrClNO4S/c11-8-1-2-10(9(12)7-8)17-4-3-16-5-6-18(13,14)15/h1-2,7H,3-6H2,(H2,13,14,15). The molecule has 0 amide bonds. The summed E-state index contributed by atoms with van der Waals surface area (Å²) in [5.41, 5.74) is 0. The fourth-order valence-electron chi connectivity index (χ4n) is 1.08. The molecule has 8 heteroatoms. The van der Waals surface area contributed by atoms with Gasteiger partial charge in [-0.25, -0.2) is 13.6 Å². The van der Waals surface area contributed by atoms with Crippen LogP contribution in [0.25, 0.3) is 0 Å². The lowest BCUT2D eigenvalue weighted by Gasteiger charge is -2.08. The first-order valence-electron chi connectivity index (χ1n) is 5.04. The van der Waals surface area contributed by atoms with E-state index in [1.54, 1.807) is 12.1 Å². The van der Waals surface area contributed by atoms with Gasteiger partial charge in [0.2, 0.25) is 10.0 Å². The first-order valence-corrected chi connectivity index (χ1v) is 7.93. The average Bonchev–Trinajstić information content (AvgIpc) is 2.24. The number of nitrogens with two attached hydrogens (primary N) is 1. The van der Waals surface area contributed by atoms with Crippen molar-refractivity contribution >= 4 is 37.6 Å². The predicted octanol–water partition coefficient (Wildman–Crippen LogP) is 1.79. The summed E-state index contributed by atoms with van der Waals surface area (Å²) >= 11 is 9.22. The van der Waals surface area contributed by atoms with Crippen molar-refractivity contribution in [1.82, 2.24) is 0 Å². The summed E-state index contributed by atoms with van der Waals surface area (Å²) in [7, 11) is -3.47. The largest absolute Gasteiger partial charge is 0.490 e. The van der Waals surface area contributed by atoms with E-state index in [9.17, 15) is 8.42 Å². The molecule has 0 saturated carbocycles. The monoisotopic (exact) mass is 357 g/mol. The molecule has 5 nitrogen and oxygen atoms in total. The second kappa shape index (κ2) is 7.30. The molecule has 0 aliphatic carbocycles. The van der Waals surface area contributed by atoms with Crippen LogP contribution in [0.1, 0.15) is 0 Å². The van der Waals surface area contributed by atoms with Crippen molar-refractivity contribution < 1.29 is 17.9 Å². The third-order valence-corrected chi connectivity index (χ3v) is 3.42. The van der Waals surface area contributed by atoms with Gasteiger partial charge < -0.3 is 9.47 Å². The van der Waals surface area contributed by atoms with Gasteiger partial charge in [-0.05, 0) is 18.2 Å². The molecule has 0 saturated heterocycles. The zero-order valence-corrected chi connectivity index (χ0v) is 12.6. The maximum Gasteiger partial charge on any atom is 0.211 e. The predicted molar refractivity (Wildman–Crippen MR) is 73.4 cm³/mol. The van der Waals surface area contributed by atoms with E-state index in [4.69, 9.17) is 26.2 Å². The Bertz CT molecular complexity index is 495. The van der Waals surface area contributed by atoms with Crippen LogP contribution in [0.15, 0.2) is 22.7 Å². The van der Waals surface area contributed by atoms with Crippen molar-refractivity contribution in [2.45, 2.75) is 0 Å². The average molecular weight is 359 g/mol. The molecule has 1 aromatic carbocycles. The number of hydrogen-bond acceptors (Lipinski definition) is 4. The molecular formula is C10H13BrClNO4S. The number of halogens is 2. The van der Waals surface area contributed by atoms with Crippen molar-refractivity contribution in [3.63, 3.8) is 0 Å². The minimum absolute atomic E-state index is 0.0518. The van der Waals surface area contributed by atoms with Crippen LogP contribution >= 0.6 is 27.5 Å². The van der Waals surface area contributed by atoms with Crippen molar-refractivity contribution in [1.29, 1.82) is 0 Å². The van der Waals surface area contributed by atoms with E-state index in [-0.39, 0.29) is 25.6 Å². The highest BCUT2D eigenvalue weighted by Crippen LogP contribution is 2.27. The number of ether oxygens (including phenoxy) is 2. The topological polar surface area (TPSA) is 78.6 Å². The Labute approximate surface area is 119 Å². The van der Waals surface area contributed by atoms with Crippen LogP contribution in [0.3, 0.4) is 0 Å². The number of benzene rings is 1. The SMILES string of the molecule is NS(=O)(=O)CCOCCOc1ccc(Br)cc1Cl. The van der Waals surface area contributed by atoms with Crippen molar-refractivity contribution in [3.05, 3.63) is 27.7 Å². The molecule has 102 valence electrons. The molecule has 0 unspecified atom stereocenters. The van der Waals surface area contributed by atoms with Crippen LogP contribution in [-0.4, -0.2) is 34.0 Å². The molecule has 0 aliphatic rings. The molecular weight excluding hydrogens is 346 g/mol. The Hall–Kier alpha value is -0.340. The maximum absolute atomic E-state index is 10.6. The third kappa shape index (κ3) is 6.55. The molecule has 0 heterocycles. The second-order valence-electron chi connectivity index (χ2n) is 3.40. The van der Waals surface area contributed by atoms with Gasteiger partial charge in [0.1, 0.15) is 12.4 Å². The van der Waals surface area contributed by atoms with Crippen LogP contribution in [0.4, 0.5) is 0 Å². The van der Waals surface area contributed by atoms with Crippen LogP contribution < -0.4 is 9.88 Å². The molecule has 0 radical (unpaired) electrons. The lowest BCUT2D eigenvalue weighted by Crippen LogP contribution is -2.21. The summed E-state index contributed by atoms with van der Waals surface area (Å²) in [5, 5.41) is 5.31. The van der Waals surface area contributed by atoms with Crippen LogP contribution in [0.2, 0.25) is 5.02 Å². The van der Waals surface area contributed by atoms with Gasteiger partial charge in [0.25, 0.3) is 0 Å². The molecule has 0 fully saturated rings. The minimum atomic E-state index is -3.47. The highest BCUT2D eigenvalue weighted by Gasteiger charge is 2.03. The molecule has 1 rings (SSSR count). The van der Waals surface area contributed by atoms with Gasteiger partial charge in [-0.3, -0.25) is 0 Å². The van der Waals surface area contributed by atoms with Crippen LogP contribution in [0, 0.1) is 0 Å². The lowest BCUT2D eigenvalue weighted by atomic mass is 10.3. The molecule has 0 bridgehead atoms. The Morgan fingerprint density at radius 2 is 2.00 bits per heavy atom. The Balaban J connectivity index is 2.22. The van der Waals surface area contributed by atoms with E-state index in [1.165, 1.54) is 0 Å². The first kappa shape index (κ1) is 15.7. The fourth-order valence-corrected chi connectivity index (χ4v) is 2.16. The molecule has 1 aromatic rings. The van der Waals surface area contributed by atoms with Gasteiger partial charge in [0.15, 0.2) is 0 Å². The van der Waals surface area contributed by atoms with E-state index >= 15 is 0 Å². The summed E-state index contributed by atoms with van der Waals surface area (Å²) in [6.45, 7) is 0.601. The zero-order chi connectivity index (χ0) is 13.6. The van der Waals surface area contributed by atoms with E-state index in [0.717, 1.165) is 4.47 Å². The van der Waals surface area contributed by atoms with E-state index in [2.05, 4.69) is 15.9 Å². The van der Waals surface area contributed by atoms with Gasteiger partial charge in [-0.15, -0.1) is 0 Å². The van der Waals surface area contributed by atoms with Gasteiger partial charge in [-0.2, -0.15) is 0 Å². The number of primary sulfonamides is 1. The van der Waals surface area contributed by atoms with Crippen LogP contribution in [-0.2, 0) is 14.8 Å². The Morgan fingerprint density at radius 1 is 1.28 bits per heavy atom. The van der Waals surface area contributed by atoms with Crippen molar-refractivity contribution in [2.75, 3.05) is 25.6 Å². The second-order valence-corrected chi connectivity index (χ2v) is 6.46. The van der Waals surface area contributed by atoms with Crippen molar-refractivity contribution in [3.8, 4) is 5.75 Å². The summed E-state index contributed by atoms with van der Waals surface area (Å²) < 4.78 is 32.5. The Kier molecular flexibility index (Phi) is 6.37. The van der Waals surface area contributed by atoms with E-state index in [0.29, 0.717) is 10.8 Å². The minimum Gasteiger partial charge on any atom is -0.490 e. The highest BCUT2D eigenvalue weighted by atomic mass is 79.9.